The van der Waals surface area contributed by atoms with Crippen LogP contribution >= 0.6 is 0 Å². The van der Waals surface area contributed by atoms with Crippen molar-refractivity contribution in [2.45, 2.75) is 12.8 Å². The van der Waals surface area contributed by atoms with E-state index < -0.39 is 11.6 Å². The Balaban J connectivity index is 2.47. The van der Waals surface area contributed by atoms with Crippen LogP contribution in [0.2, 0.25) is 0 Å². The van der Waals surface area contributed by atoms with E-state index in [9.17, 15) is 13.6 Å². The first-order valence-corrected chi connectivity index (χ1v) is 5.02. The summed E-state index contributed by atoms with van der Waals surface area (Å²) in [4.78, 5) is 11.2. The first-order valence-electron chi connectivity index (χ1n) is 5.02. The number of carbonyl (C=O) groups is 1. The van der Waals surface area contributed by atoms with Crippen molar-refractivity contribution in [1.29, 1.82) is 0 Å². The number of halogens is 2. The van der Waals surface area contributed by atoms with Gasteiger partial charge in [-0.05, 0) is 35.6 Å². The van der Waals surface area contributed by atoms with Crippen molar-refractivity contribution in [2.75, 3.05) is 7.05 Å². The zero-order valence-corrected chi connectivity index (χ0v) is 8.81. The average molecular weight is 223 g/mol. The van der Waals surface area contributed by atoms with E-state index in [1.165, 1.54) is 19.2 Å². The molecule has 0 fully saturated rings. The van der Waals surface area contributed by atoms with E-state index in [-0.39, 0.29) is 5.91 Å². The maximum Gasteiger partial charge on any atom is 0.244 e. The quantitative estimate of drug-likeness (QED) is 0.725. The van der Waals surface area contributed by atoms with Gasteiger partial charge in [0.15, 0.2) is 0 Å². The number of likely N-dealkylation sites (N-methyl/N-ethyl adjacent to an activating group) is 1. The first-order chi connectivity index (χ1) is 7.61. The van der Waals surface area contributed by atoms with Gasteiger partial charge in [0, 0.05) is 19.2 Å². The molecule has 4 heteroatoms. The molecule has 1 aromatic rings. The smallest absolute Gasteiger partial charge is 0.244 e. The van der Waals surface area contributed by atoms with Crippen LogP contribution in [0.1, 0.15) is 17.5 Å². The molecular weight excluding hydrogens is 212 g/mol. The summed E-state index contributed by atoms with van der Waals surface area (Å²) in [6.07, 6.45) is 2.48. The highest BCUT2D eigenvalue weighted by molar-refractivity contribution is 5.96. The lowest BCUT2D eigenvalue weighted by molar-refractivity contribution is -0.116. The molecule has 0 spiro atoms. The Bertz CT molecular complexity index is 480. The minimum absolute atomic E-state index is 0.257. The summed E-state index contributed by atoms with van der Waals surface area (Å²) in [7, 11) is 1.52. The molecule has 0 radical (unpaired) electrons. The second-order valence-corrected chi connectivity index (χ2v) is 3.70. The second-order valence-electron chi connectivity index (χ2n) is 3.70. The second kappa shape index (κ2) is 4.04. The molecule has 1 N–H and O–H groups in total. The number of carbonyl (C=O) groups excluding carboxylic acids is 1. The van der Waals surface area contributed by atoms with Crippen molar-refractivity contribution in [3.63, 3.8) is 0 Å². The molecule has 0 aliphatic heterocycles. The van der Waals surface area contributed by atoms with E-state index in [4.69, 9.17) is 0 Å². The third kappa shape index (κ3) is 1.83. The van der Waals surface area contributed by atoms with E-state index in [1.807, 2.05) is 0 Å². The Morgan fingerprint density at radius 1 is 1.38 bits per heavy atom. The van der Waals surface area contributed by atoms with Crippen molar-refractivity contribution >= 4 is 11.5 Å². The predicted octanol–water partition coefficient (Wildman–Crippen LogP) is 2.04. The first kappa shape index (κ1) is 10.8. The van der Waals surface area contributed by atoms with Crippen LogP contribution in [0.3, 0.4) is 0 Å². The minimum Gasteiger partial charge on any atom is -0.356 e. The number of nitrogens with one attached hydrogen (secondary N) is 1. The van der Waals surface area contributed by atoms with Crippen molar-refractivity contribution in [2.24, 2.45) is 0 Å². The minimum atomic E-state index is -0.610. The fraction of sp³-hybridized carbons (Fsp3) is 0.250. The zero-order valence-electron chi connectivity index (χ0n) is 8.81. The van der Waals surface area contributed by atoms with Crippen molar-refractivity contribution < 1.29 is 13.6 Å². The molecule has 2 rings (SSSR count). The van der Waals surface area contributed by atoms with Gasteiger partial charge in [-0.15, -0.1) is 0 Å². The lowest BCUT2D eigenvalue weighted by Crippen LogP contribution is -2.14. The van der Waals surface area contributed by atoms with Gasteiger partial charge in [0.05, 0.1) is 0 Å². The summed E-state index contributed by atoms with van der Waals surface area (Å²) in [6, 6.07) is 2.15. The van der Waals surface area contributed by atoms with Crippen LogP contribution in [0, 0.1) is 11.6 Å². The largest absolute Gasteiger partial charge is 0.356 e. The van der Waals surface area contributed by atoms with Crippen LogP contribution in [0.4, 0.5) is 8.78 Å². The van der Waals surface area contributed by atoms with E-state index in [0.29, 0.717) is 29.5 Å². The molecule has 16 heavy (non-hydrogen) atoms. The van der Waals surface area contributed by atoms with E-state index in [0.717, 1.165) is 6.07 Å². The summed E-state index contributed by atoms with van der Waals surface area (Å²) in [6.45, 7) is 0. The van der Waals surface area contributed by atoms with Gasteiger partial charge >= 0.3 is 0 Å². The van der Waals surface area contributed by atoms with Crippen molar-refractivity contribution in [3.8, 4) is 0 Å². The SMILES string of the molecule is CNC(=O)/C=C1\CCc2c(F)cc(F)cc21. The number of rotatable bonds is 1. The van der Waals surface area contributed by atoms with Crippen LogP contribution < -0.4 is 5.32 Å². The van der Waals surface area contributed by atoms with Gasteiger partial charge < -0.3 is 5.32 Å². The number of benzene rings is 1. The normalized spacial score (nSPS) is 16.3. The molecule has 0 heterocycles. The zero-order chi connectivity index (χ0) is 11.7. The summed E-state index contributed by atoms with van der Waals surface area (Å²) in [5.41, 5.74) is 1.70. The number of fused-ring (bicyclic) bond motifs is 1. The van der Waals surface area contributed by atoms with Crippen LogP contribution in [-0.4, -0.2) is 13.0 Å². The highest BCUT2D eigenvalue weighted by Gasteiger charge is 2.21. The highest BCUT2D eigenvalue weighted by atomic mass is 19.1. The molecule has 1 aromatic carbocycles. The monoisotopic (exact) mass is 223 g/mol. The standard InChI is InChI=1S/C12H11F2NO/c1-15-12(16)4-7-2-3-9-10(7)5-8(13)6-11(9)14/h4-6H,2-3H2,1H3,(H,15,16)/b7-4+. The van der Waals surface area contributed by atoms with E-state index in [1.54, 1.807) is 0 Å². The third-order valence-electron chi connectivity index (χ3n) is 2.70. The van der Waals surface area contributed by atoms with Gasteiger partial charge in [0.2, 0.25) is 5.91 Å². The average Bonchev–Trinajstić information content (AvgIpc) is 2.61. The molecule has 84 valence electrons. The fourth-order valence-corrected chi connectivity index (χ4v) is 1.92. The molecule has 0 saturated heterocycles. The van der Waals surface area contributed by atoms with Crippen LogP contribution in [0.5, 0.6) is 0 Å². The van der Waals surface area contributed by atoms with E-state index >= 15 is 0 Å². The lowest BCUT2D eigenvalue weighted by Gasteiger charge is -2.02. The fourth-order valence-electron chi connectivity index (χ4n) is 1.92. The maximum absolute atomic E-state index is 13.4. The number of hydrogen-bond acceptors (Lipinski definition) is 1. The summed E-state index contributed by atoms with van der Waals surface area (Å²) >= 11 is 0. The predicted molar refractivity (Wildman–Crippen MR) is 56.7 cm³/mol. The molecule has 2 nitrogen and oxygen atoms in total. The molecule has 0 aromatic heterocycles. The Kier molecular flexibility index (Phi) is 2.73. The van der Waals surface area contributed by atoms with Crippen LogP contribution in [0.25, 0.3) is 5.57 Å². The van der Waals surface area contributed by atoms with Crippen molar-refractivity contribution in [1.82, 2.24) is 5.32 Å². The number of allylic oxidation sites excluding steroid dienone is 1. The van der Waals surface area contributed by atoms with E-state index in [2.05, 4.69) is 5.32 Å². The molecule has 0 saturated carbocycles. The van der Waals surface area contributed by atoms with Gasteiger partial charge in [0.1, 0.15) is 11.6 Å². The summed E-state index contributed by atoms with van der Waals surface area (Å²) in [5, 5.41) is 2.45. The Hall–Kier alpha value is -1.71. The molecule has 1 amide bonds. The third-order valence-corrected chi connectivity index (χ3v) is 2.70. The molecule has 1 aliphatic rings. The number of amides is 1. The molecule has 1 aliphatic carbocycles. The highest BCUT2D eigenvalue weighted by Crippen LogP contribution is 2.34. The Morgan fingerprint density at radius 2 is 2.12 bits per heavy atom. The van der Waals surface area contributed by atoms with Gasteiger partial charge in [-0.25, -0.2) is 8.78 Å². The molecular formula is C12H11F2NO. The van der Waals surface area contributed by atoms with Gasteiger partial charge in [-0.3, -0.25) is 4.79 Å². The van der Waals surface area contributed by atoms with Gasteiger partial charge in [-0.1, -0.05) is 0 Å². The van der Waals surface area contributed by atoms with Gasteiger partial charge in [0.25, 0.3) is 0 Å². The summed E-state index contributed by atoms with van der Waals surface area (Å²) < 4.78 is 26.4. The van der Waals surface area contributed by atoms with Crippen LogP contribution in [0.15, 0.2) is 18.2 Å². The maximum atomic E-state index is 13.4. The summed E-state index contributed by atoms with van der Waals surface area (Å²) in [5.74, 6) is -1.40. The van der Waals surface area contributed by atoms with Crippen LogP contribution in [-0.2, 0) is 11.2 Å². The molecule has 0 unspecified atom stereocenters. The topological polar surface area (TPSA) is 29.1 Å². The Labute approximate surface area is 92.0 Å². The number of hydrogen-bond donors (Lipinski definition) is 1. The lowest BCUT2D eigenvalue weighted by atomic mass is 10.1. The molecule has 0 atom stereocenters. The molecule has 0 bridgehead atoms. The van der Waals surface area contributed by atoms with Crippen molar-refractivity contribution in [3.05, 3.63) is 41.0 Å². The van der Waals surface area contributed by atoms with Gasteiger partial charge in [-0.2, -0.15) is 0 Å². The Morgan fingerprint density at radius 3 is 2.81 bits per heavy atom.